The predicted octanol–water partition coefficient (Wildman–Crippen LogP) is 2.45. The maximum absolute atomic E-state index is 4.49. The molecular weight excluding hydrogens is 304 g/mol. The van der Waals surface area contributed by atoms with E-state index in [1.807, 2.05) is 6.20 Å². The number of likely N-dealkylation sites (N-methyl/N-ethyl adjacent to an activating group) is 1. The Hall–Kier alpha value is -0.390. The van der Waals surface area contributed by atoms with Crippen LogP contribution in [0.2, 0.25) is 0 Å². The molecule has 1 N–H and O–H groups in total. The van der Waals surface area contributed by atoms with Crippen LogP contribution in [-0.2, 0) is 6.54 Å². The molecular formula is C14H25BrN4. The number of halogens is 1. The van der Waals surface area contributed by atoms with Crippen molar-refractivity contribution in [2.75, 3.05) is 27.2 Å². The summed E-state index contributed by atoms with van der Waals surface area (Å²) < 4.78 is 3.29. The van der Waals surface area contributed by atoms with Gasteiger partial charge in [0, 0.05) is 18.5 Å². The lowest BCUT2D eigenvalue weighted by Crippen LogP contribution is -2.22. The first kappa shape index (κ1) is 15.0. The van der Waals surface area contributed by atoms with Crippen molar-refractivity contribution < 1.29 is 0 Å². The molecule has 1 aromatic rings. The molecule has 19 heavy (non-hydrogen) atoms. The normalized spacial score (nSPS) is 17.1. The van der Waals surface area contributed by atoms with E-state index in [9.17, 15) is 0 Å². The number of hydrogen-bond acceptors (Lipinski definition) is 3. The van der Waals surface area contributed by atoms with Crippen LogP contribution in [0.15, 0.2) is 10.7 Å². The summed E-state index contributed by atoms with van der Waals surface area (Å²) in [6.45, 7) is 5.38. The molecule has 1 fully saturated rings. The van der Waals surface area contributed by atoms with E-state index in [4.69, 9.17) is 0 Å². The van der Waals surface area contributed by atoms with Crippen LogP contribution < -0.4 is 5.32 Å². The third-order valence-electron chi connectivity index (χ3n) is 3.65. The quantitative estimate of drug-likeness (QED) is 0.795. The fourth-order valence-corrected chi connectivity index (χ4v) is 2.95. The SMILES string of the molecule is CC(CCNC1CC1)c1c(Br)cnn1CCN(C)C. The standard InChI is InChI=1S/C14H25BrN4/c1-11(6-7-16-12-4-5-12)14-13(15)10-17-19(14)9-8-18(2)3/h10-12,16H,4-9H2,1-3H3. The number of aromatic nitrogens is 2. The molecule has 0 radical (unpaired) electrons. The van der Waals surface area contributed by atoms with Gasteiger partial charge in [-0.3, -0.25) is 4.68 Å². The molecule has 1 aliphatic rings. The van der Waals surface area contributed by atoms with Gasteiger partial charge in [0.05, 0.1) is 22.9 Å². The van der Waals surface area contributed by atoms with Crippen molar-refractivity contribution in [3.63, 3.8) is 0 Å². The monoisotopic (exact) mass is 328 g/mol. The molecule has 108 valence electrons. The molecule has 4 nitrogen and oxygen atoms in total. The summed E-state index contributed by atoms with van der Waals surface area (Å²) in [7, 11) is 4.20. The van der Waals surface area contributed by atoms with Gasteiger partial charge in [0.25, 0.3) is 0 Å². The molecule has 0 saturated heterocycles. The third kappa shape index (κ3) is 4.58. The molecule has 0 amide bonds. The van der Waals surface area contributed by atoms with Crippen LogP contribution in [-0.4, -0.2) is 47.9 Å². The van der Waals surface area contributed by atoms with Gasteiger partial charge < -0.3 is 10.2 Å². The summed E-state index contributed by atoms with van der Waals surface area (Å²) >= 11 is 3.64. The second kappa shape index (κ2) is 6.86. The molecule has 0 spiro atoms. The van der Waals surface area contributed by atoms with Crippen molar-refractivity contribution in [2.45, 2.75) is 44.7 Å². The summed E-state index contributed by atoms with van der Waals surface area (Å²) in [6, 6.07) is 0.800. The first-order chi connectivity index (χ1) is 9.08. The van der Waals surface area contributed by atoms with Crippen molar-refractivity contribution in [3.05, 3.63) is 16.4 Å². The van der Waals surface area contributed by atoms with Crippen LogP contribution in [0.5, 0.6) is 0 Å². The molecule has 0 aromatic carbocycles. The largest absolute Gasteiger partial charge is 0.314 e. The minimum atomic E-state index is 0.533. The molecule has 5 heteroatoms. The zero-order valence-electron chi connectivity index (χ0n) is 12.2. The van der Waals surface area contributed by atoms with E-state index in [0.717, 1.165) is 30.1 Å². The Bertz CT molecular complexity index is 398. The highest BCUT2D eigenvalue weighted by molar-refractivity contribution is 9.10. The Morgan fingerprint density at radius 3 is 2.89 bits per heavy atom. The third-order valence-corrected chi connectivity index (χ3v) is 4.26. The Labute approximate surface area is 124 Å². The minimum Gasteiger partial charge on any atom is -0.314 e. The first-order valence-electron chi connectivity index (χ1n) is 7.17. The molecule has 1 aliphatic carbocycles. The van der Waals surface area contributed by atoms with Gasteiger partial charge >= 0.3 is 0 Å². The summed E-state index contributed by atoms with van der Waals surface area (Å²) in [5.41, 5.74) is 1.33. The van der Waals surface area contributed by atoms with Crippen molar-refractivity contribution in [1.82, 2.24) is 20.0 Å². The van der Waals surface area contributed by atoms with Gasteiger partial charge in [-0.2, -0.15) is 5.10 Å². The van der Waals surface area contributed by atoms with Gasteiger partial charge in [-0.25, -0.2) is 0 Å². The number of rotatable bonds is 8. The lowest BCUT2D eigenvalue weighted by atomic mass is 10.0. The number of nitrogens with zero attached hydrogens (tertiary/aromatic N) is 3. The van der Waals surface area contributed by atoms with Crippen LogP contribution in [0.25, 0.3) is 0 Å². The Morgan fingerprint density at radius 1 is 1.53 bits per heavy atom. The van der Waals surface area contributed by atoms with E-state index in [1.54, 1.807) is 0 Å². The summed E-state index contributed by atoms with van der Waals surface area (Å²) in [6.07, 6.45) is 5.82. The average Bonchev–Trinajstić information content (AvgIpc) is 3.09. The fraction of sp³-hybridized carbons (Fsp3) is 0.786. The highest BCUT2D eigenvalue weighted by atomic mass is 79.9. The van der Waals surface area contributed by atoms with Gasteiger partial charge in [-0.15, -0.1) is 0 Å². The van der Waals surface area contributed by atoms with Crippen LogP contribution in [0.3, 0.4) is 0 Å². The summed E-state index contributed by atoms with van der Waals surface area (Å²) in [5, 5.41) is 8.07. The molecule has 1 saturated carbocycles. The molecule has 1 atom stereocenters. The number of nitrogens with one attached hydrogen (secondary N) is 1. The van der Waals surface area contributed by atoms with Crippen LogP contribution in [0.4, 0.5) is 0 Å². The summed E-state index contributed by atoms with van der Waals surface area (Å²) in [5.74, 6) is 0.533. The second-order valence-electron chi connectivity index (χ2n) is 5.82. The van der Waals surface area contributed by atoms with Crippen molar-refractivity contribution in [2.24, 2.45) is 0 Å². The highest BCUT2D eigenvalue weighted by Crippen LogP contribution is 2.27. The second-order valence-corrected chi connectivity index (χ2v) is 6.68. The molecule has 0 aliphatic heterocycles. The van der Waals surface area contributed by atoms with Crippen molar-refractivity contribution in [1.29, 1.82) is 0 Å². The van der Waals surface area contributed by atoms with Crippen LogP contribution in [0.1, 0.15) is 37.8 Å². The maximum Gasteiger partial charge on any atom is 0.0635 e. The molecule has 1 aromatic heterocycles. The highest BCUT2D eigenvalue weighted by Gasteiger charge is 2.21. The topological polar surface area (TPSA) is 33.1 Å². The Morgan fingerprint density at radius 2 is 2.26 bits per heavy atom. The van der Waals surface area contributed by atoms with Crippen molar-refractivity contribution in [3.8, 4) is 0 Å². The van der Waals surface area contributed by atoms with Gasteiger partial charge in [0.1, 0.15) is 0 Å². The van der Waals surface area contributed by atoms with Crippen molar-refractivity contribution >= 4 is 15.9 Å². The van der Waals surface area contributed by atoms with Gasteiger partial charge in [-0.05, 0) is 55.8 Å². The molecule has 0 bridgehead atoms. The first-order valence-corrected chi connectivity index (χ1v) is 7.96. The zero-order valence-corrected chi connectivity index (χ0v) is 13.8. The predicted molar refractivity (Wildman–Crippen MR) is 82.5 cm³/mol. The van der Waals surface area contributed by atoms with Gasteiger partial charge in [-0.1, -0.05) is 6.92 Å². The fourth-order valence-electron chi connectivity index (χ4n) is 2.26. The smallest absolute Gasteiger partial charge is 0.0635 e. The van der Waals surface area contributed by atoms with E-state index < -0.39 is 0 Å². The summed E-state index contributed by atoms with van der Waals surface area (Å²) in [4.78, 5) is 2.19. The van der Waals surface area contributed by atoms with Crippen LogP contribution >= 0.6 is 15.9 Å². The molecule has 2 rings (SSSR count). The van der Waals surface area contributed by atoms with Gasteiger partial charge in [0.15, 0.2) is 0 Å². The lowest BCUT2D eigenvalue weighted by Gasteiger charge is -2.17. The average molecular weight is 329 g/mol. The van der Waals surface area contributed by atoms with E-state index >= 15 is 0 Å². The maximum atomic E-state index is 4.49. The molecule has 1 heterocycles. The van der Waals surface area contributed by atoms with E-state index in [2.05, 4.69) is 56.9 Å². The number of hydrogen-bond donors (Lipinski definition) is 1. The lowest BCUT2D eigenvalue weighted by molar-refractivity contribution is 0.365. The Kier molecular flexibility index (Phi) is 5.42. The van der Waals surface area contributed by atoms with E-state index in [-0.39, 0.29) is 0 Å². The van der Waals surface area contributed by atoms with E-state index in [0.29, 0.717) is 5.92 Å². The minimum absolute atomic E-state index is 0.533. The van der Waals surface area contributed by atoms with Crippen LogP contribution in [0, 0.1) is 0 Å². The Balaban J connectivity index is 1.89. The molecule has 1 unspecified atom stereocenters. The zero-order chi connectivity index (χ0) is 13.8. The van der Waals surface area contributed by atoms with E-state index in [1.165, 1.54) is 25.0 Å². The van der Waals surface area contributed by atoms with Gasteiger partial charge in [0.2, 0.25) is 0 Å².